The Morgan fingerprint density at radius 3 is 2.44 bits per heavy atom. The summed E-state index contributed by atoms with van der Waals surface area (Å²) in [5, 5.41) is 8.71. The maximum absolute atomic E-state index is 12.1. The van der Waals surface area contributed by atoms with Crippen molar-refractivity contribution in [3.05, 3.63) is 0 Å². The van der Waals surface area contributed by atoms with Crippen molar-refractivity contribution in [2.75, 3.05) is 0 Å². The number of aliphatic imine (C=N–C) groups is 1. The van der Waals surface area contributed by atoms with E-state index in [4.69, 9.17) is 5.41 Å². The molecule has 0 saturated heterocycles. The third-order valence-electron chi connectivity index (χ3n) is 2.50. The van der Waals surface area contributed by atoms with Gasteiger partial charge >= 0.3 is 12.1 Å². The Balaban J connectivity index is 4.56. The summed E-state index contributed by atoms with van der Waals surface area (Å²) >= 11 is 0. The molecule has 0 heterocycles. The van der Waals surface area contributed by atoms with Crippen LogP contribution >= 0.6 is 0 Å². The molecule has 104 valence electrons. The minimum Gasteiger partial charge on any atom is -0.345 e. The van der Waals surface area contributed by atoms with Crippen LogP contribution in [-0.4, -0.2) is 30.2 Å². The summed E-state index contributed by atoms with van der Waals surface area (Å²) in [5.41, 5.74) is 0. The Morgan fingerprint density at radius 1 is 1.44 bits per heavy atom. The molecule has 18 heavy (non-hydrogen) atoms. The van der Waals surface area contributed by atoms with Crippen LogP contribution in [0.25, 0.3) is 0 Å². The van der Waals surface area contributed by atoms with Gasteiger partial charge in [0.25, 0.3) is 0 Å². The van der Waals surface area contributed by atoms with Crippen molar-refractivity contribution in [2.24, 2.45) is 4.99 Å². The van der Waals surface area contributed by atoms with Crippen LogP contribution < -0.4 is 5.32 Å². The number of alkyl halides is 3. The van der Waals surface area contributed by atoms with Gasteiger partial charge in [-0.05, 0) is 19.3 Å². The van der Waals surface area contributed by atoms with Gasteiger partial charge in [-0.1, -0.05) is 20.3 Å². The quantitative estimate of drug-likeness (QED) is 0.683. The van der Waals surface area contributed by atoms with E-state index in [0.29, 0.717) is 19.3 Å². The smallest absolute Gasteiger partial charge is 0.345 e. The lowest BCUT2D eigenvalue weighted by molar-refractivity contribution is -0.174. The first-order valence-electron chi connectivity index (χ1n) is 5.84. The molecular weight excluding hydrogens is 247 g/mol. The van der Waals surface area contributed by atoms with E-state index in [-0.39, 0.29) is 12.5 Å². The van der Waals surface area contributed by atoms with Gasteiger partial charge in [-0.25, -0.2) is 10.4 Å². The highest BCUT2D eigenvalue weighted by atomic mass is 19.4. The lowest BCUT2D eigenvalue weighted by Gasteiger charge is -2.21. The third kappa shape index (κ3) is 6.39. The Morgan fingerprint density at radius 2 is 2.06 bits per heavy atom. The van der Waals surface area contributed by atoms with Gasteiger partial charge in [-0.2, -0.15) is 13.2 Å². The van der Waals surface area contributed by atoms with Gasteiger partial charge in [-0.15, -0.1) is 0 Å². The van der Waals surface area contributed by atoms with Crippen molar-refractivity contribution < 1.29 is 18.0 Å². The molecule has 0 aromatic carbocycles. The lowest BCUT2D eigenvalue weighted by Crippen LogP contribution is -2.44. The predicted molar refractivity (Wildman–Crippen MR) is 61.7 cm³/mol. The Kier molecular flexibility index (Phi) is 7.27. The number of halogens is 3. The van der Waals surface area contributed by atoms with Crippen molar-refractivity contribution in [2.45, 2.75) is 57.8 Å². The second-order valence-electron chi connectivity index (χ2n) is 4.00. The van der Waals surface area contributed by atoms with Gasteiger partial charge in [0.1, 0.15) is 0 Å². The number of nitrogens with zero attached hydrogens (tertiary/aromatic N) is 1. The summed E-state index contributed by atoms with van der Waals surface area (Å²) in [6.07, 6.45) is -2.87. The molecule has 2 unspecified atom stereocenters. The van der Waals surface area contributed by atoms with Crippen molar-refractivity contribution in [1.82, 2.24) is 5.32 Å². The molecule has 2 atom stereocenters. The number of carbonyl (C=O) groups excluding carboxylic acids is 1. The monoisotopic (exact) mass is 265 g/mol. The van der Waals surface area contributed by atoms with Crippen LogP contribution in [0.5, 0.6) is 0 Å². The third-order valence-corrected chi connectivity index (χ3v) is 2.50. The predicted octanol–water partition coefficient (Wildman–Crippen LogP) is 2.75. The molecule has 1 amide bonds. The summed E-state index contributed by atoms with van der Waals surface area (Å²) in [6.45, 7) is 3.65. The summed E-state index contributed by atoms with van der Waals surface area (Å²) in [6, 6.07) is 1.03. The first-order chi connectivity index (χ1) is 8.35. The van der Waals surface area contributed by atoms with E-state index in [1.54, 1.807) is 0 Å². The maximum atomic E-state index is 12.1. The number of carbonyl (C=O) groups is 1. The first-order valence-corrected chi connectivity index (χ1v) is 5.84. The number of rotatable bonds is 7. The molecular formula is C11H18F3N3O. The topological polar surface area (TPSA) is 65.3 Å². The number of hydrogen-bond acceptors (Lipinski definition) is 3. The van der Waals surface area contributed by atoms with Crippen molar-refractivity contribution >= 4 is 11.9 Å². The molecule has 0 spiro atoms. The Hall–Kier alpha value is -1.36. The van der Waals surface area contributed by atoms with Crippen LogP contribution in [0.3, 0.4) is 0 Å². The zero-order valence-electron chi connectivity index (χ0n) is 10.5. The molecule has 0 aliphatic heterocycles. The molecule has 7 heteroatoms. The van der Waals surface area contributed by atoms with Gasteiger partial charge in [-0.3, -0.25) is 4.79 Å². The average Bonchev–Trinajstić information content (AvgIpc) is 2.27. The Labute approximate surface area is 104 Å². The maximum Gasteiger partial charge on any atom is 0.471 e. The zero-order valence-corrected chi connectivity index (χ0v) is 10.5. The molecule has 0 saturated carbocycles. The molecule has 0 radical (unpaired) electrons. The molecule has 0 aliphatic rings. The van der Waals surface area contributed by atoms with Crippen LogP contribution in [0.15, 0.2) is 4.99 Å². The fourth-order valence-corrected chi connectivity index (χ4v) is 1.60. The second kappa shape index (κ2) is 7.87. The van der Waals surface area contributed by atoms with Crippen LogP contribution in [0.1, 0.15) is 39.5 Å². The Bertz CT molecular complexity index is 311. The molecule has 0 aromatic rings. The summed E-state index contributed by atoms with van der Waals surface area (Å²) in [5.74, 6) is -1.92. The van der Waals surface area contributed by atoms with Gasteiger partial charge in [0.05, 0.1) is 12.1 Å². The number of nitrogens with one attached hydrogen (secondary N) is 2. The van der Waals surface area contributed by atoms with Crippen LogP contribution in [-0.2, 0) is 4.79 Å². The van der Waals surface area contributed by atoms with E-state index in [0.717, 1.165) is 0 Å². The zero-order chi connectivity index (χ0) is 14.2. The summed E-state index contributed by atoms with van der Waals surface area (Å²) < 4.78 is 36.4. The number of hydrogen-bond donors (Lipinski definition) is 2. The highest BCUT2D eigenvalue weighted by molar-refractivity contribution is 5.81. The van der Waals surface area contributed by atoms with Crippen molar-refractivity contribution in [3.8, 4) is 0 Å². The highest BCUT2D eigenvalue weighted by Gasteiger charge is 2.39. The highest BCUT2D eigenvalue weighted by Crippen LogP contribution is 2.17. The fraction of sp³-hybridized carbons (Fsp3) is 0.818. The van der Waals surface area contributed by atoms with E-state index in [1.165, 1.54) is 0 Å². The molecule has 0 rings (SSSR count). The summed E-state index contributed by atoms with van der Waals surface area (Å²) in [7, 11) is 0. The largest absolute Gasteiger partial charge is 0.471 e. The molecule has 0 aromatic heterocycles. The second-order valence-corrected chi connectivity index (χ2v) is 4.00. The van der Waals surface area contributed by atoms with E-state index in [1.807, 2.05) is 25.2 Å². The van der Waals surface area contributed by atoms with Crippen LogP contribution in [0.4, 0.5) is 13.2 Å². The minimum absolute atomic E-state index is 0.285. The van der Waals surface area contributed by atoms with Crippen LogP contribution in [0.2, 0.25) is 0 Å². The van der Waals surface area contributed by atoms with E-state index in [2.05, 4.69) is 4.99 Å². The lowest BCUT2D eigenvalue weighted by atomic mass is 10.0. The molecule has 0 aliphatic carbocycles. The standard InChI is InChI=1S/C11H18F3N3O/c1-3-5-9(6-8(4-2)16-7-15)17-10(18)11(12,13)14/h8-9,15H,3-6H2,1-2H3,(H,17,18). The van der Waals surface area contributed by atoms with Gasteiger partial charge < -0.3 is 5.32 Å². The molecule has 4 nitrogen and oxygen atoms in total. The molecule has 0 bridgehead atoms. The number of amides is 1. The molecule has 2 N–H and O–H groups in total. The van der Waals surface area contributed by atoms with E-state index < -0.39 is 18.1 Å². The summed E-state index contributed by atoms with van der Waals surface area (Å²) in [4.78, 5) is 14.6. The van der Waals surface area contributed by atoms with Crippen molar-refractivity contribution in [3.63, 3.8) is 0 Å². The van der Waals surface area contributed by atoms with Gasteiger partial charge in [0.15, 0.2) is 0 Å². The van der Waals surface area contributed by atoms with Gasteiger partial charge in [0.2, 0.25) is 0 Å². The minimum atomic E-state index is -4.86. The SMILES string of the molecule is CCCC(CC(CC)N=C=N)NC(=O)C(F)(F)F. The van der Waals surface area contributed by atoms with Crippen LogP contribution in [0, 0.1) is 5.41 Å². The fourth-order valence-electron chi connectivity index (χ4n) is 1.60. The first kappa shape index (κ1) is 16.6. The average molecular weight is 265 g/mol. The van der Waals surface area contributed by atoms with Gasteiger partial charge in [0, 0.05) is 6.04 Å². The normalized spacial score (nSPS) is 14.5. The van der Waals surface area contributed by atoms with E-state index >= 15 is 0 Å². The van der Waals surface area contributed by atoms with Crippen molar-refractivity contribution in [1.29, 1.82) is 5.41 Å². The molecule has 0 fully saturated rings. The van der Waals surface area contributed by atoms with E-state index in [9.17, 15) is 18.0 Å².